The van der Waals surface area contributed by atoms with Crippen molar-refractivity contribution in [1.82, 2.24) is 0 Å². The average Bonchev–Trinajstić information content (AvgIpc) is 2.97. The first-order valence-corrected chi connectivity index (χ1v) is 13.0. The molecule has 0 amide bonds. The van der Waals surface area contributed by atoms with Crippen molar-refractivity contribution in [1.29, 1.82) is 0 Å². The molecule has 1 aliphatic rings. The zero-order valence-corrected chi connectivity index (χ0v) is 22.7. The van der Waals surface area contributed by atoms with Crippen LogP contribution < -0.4 is 18.9 Å². The summed E-state index contributed by atoms with van der Waals surface area (Å²) in [4.78, 5) is 12.7. The van der Waals surface area contributed by atoms with Gasteiger partial charge in [0.2, 0.25) is 0 Å². The zero-order chi connectivity index (χ0) is 27.5. The summed E-state index contributed by atoms with van der Waals surface area (Å²) in [5, 5.41) is 0. The SMILES string of the molecule is COCOc1cc(OC)cc(OCOC)c1[C@H]1CC(=O)O[C@@H](CCc2ccc(OCc3ccccc3)cc2)C1. The first-order chi connectivity index (χ1) is 19.1. The van der Waals surface area contributed by atoms with E-state index in [1.807, 2.05) is 42.5 Å². The number of esters is 1. The van der Waals surface area contributed by atoms with Crippen LogP contribution in [0.4, 0.5) is 0 Å². The molecule has 1 saturated heterocycles. The van der Waals surface area contributed by atoms with Crippen LogP contribution in [0, 0.1) is 0 Å². The van der Waals surface area contributed by atoms with Gasteiger partial charge in [-0.1, -0.05) is 42.5 Å². The number of hydrogen-bond donors (Lipinski definition) is 0. The number of rotatable bonds is 14. The Bertz CT molecular complexity index is 1150. The van der Waals surface area contributed by atoms with Crippen molar-refractivity contribution in [3.05, 3.63) is 83.4 Å². The number of cyclic esters (lactones) is 1. The van der Waals surface area contributed by atoms with Crippen molar-refractivity contribution in [2.45, 2.75) is 44.3 Å². The topological polar surface area (TPSA) is 81.7 Å². The summed E-state index contributed by atoms with van der Waals surface area (Å²) < 4.78 is 39.1. The number of aryl methyl sites for hydroxylation is 1. The molecule has 0 radical (unpaired) electrons. The first kappa shape index (κ1) is 28.3. The Labute approximate surface area is 229 Å². The van der Waals surface area contributed by atoms with Crippen molar-refractivity contribution in [2.75, 3.05) is 34.9 Å². The second kappa shape index (κ2) is 14.4. The number of benzene rings is 3. The third-order valence-corrected chi connectivity index (χ3v) is 6.57. The summed E-state index contributed by atoms with van der Waals surface area (Å²) in [5.41, 5.74) is 3.06. The molecule has 0 aromatic heterocycles. The number of methoxy groups -OCH3 is 3. The lowest BCUT2D eigenvalue weighted by Gasteiger charge is -2.31. The van der Waals surface area contributed by atoms with Crippen LogP contribution in [0.25, 0.3) is 0 Å². The molecule has 0 spiro atoms. The Morgan fingerprint density at radius 3 is 2.08 bits per heavy atom. The monoisotopic (exact) mass is 536 g/mol. The number of ether oxygens (including phenoxy) is 7. The third kappa shape index (κ3) is 8.12. The first-order valence-electron chi connectivity index (χ1n) is 13.0. The molecule has 8 heteroatoms. The Hall–Kier alpha value is -3.75. The summed E-state index contributed by atoms with van der Waals surface area (Å²) in [7, 11) is 4.68. The Morgan fingerprint density at radius 1 is 0.795 bits per heavy atom. The van der Waals surface area contributed by atoms with Crippen molar-refractivity contribution in [2.24, 2.45) is 0 Å². The van der Waals surface area contributed by atoms with Crippen LogP contribution in [-0.2, 0) is 32.0 Å². The normalized spacial score (nSPS) is 16.8. The van der Waals surface area contributed by atoms with Gasteiger partial charge in [-0.25, -0.2) is 0 Å². The molecule has 39 heavy (non-hydrogen) atoms. The van der Waals surface area contributed by atoms with Gasteiger partial charge in [0, 0.05) is 37.8 Å². The molecule has 0 N–H and O–H groups in total. The van der Waals surface area contributed by atoms with Crippen LogP contribution in [0.2, 0.25) is 0 Å². The summed E-state index contributed by atoms with van der Waals surface area (Å²) >= 11 is 0. The summed E-state index contributed by atoms with van der Waals surface area (Å²) in [5.74, 6) is 2.08. The summed E-state index contributed by atoms with van der Waals surface area (Å²) in [6.45, 7) is 0.627. The quantitative estimate of drug-likeness (QED) is 0.193. The van der Waals surface area contributed by atoms with Gasteiger partial charge in [-0.3, -0.25) is 4.79 Å². The Kier molecular flexibility index (Phi) is 10.4. The van der Waals surface area contributed by atoms with E-state index < -0.39 is 0 Å². The van der Waals surface area contributed by atoms with E-state index in [0.29, 0.717) is 36.7 Å². The predicted molar refractivity (Wildman–Crippen MR) is 145 cm³/mol. The van der Waals surface area contributed by atoms with E-state index >= 15 is 0 Å². The number of carbonyl (C=O) groups is 1. The lowest BCUT2D eigenvalue weighted by molar-refractivity contribution is -0.155. The van der Waals surface area contributed by atoms with Crippen molar-refractivity contribution in [3.63, 3.8) is 0 Å². The van der Waals surface area contributed by atoms with Gasteiger partial charge in [0.1, 0.15) is 35.7 Å². The second-order valence-corrected chi connectivity index (χ2v) is 9.34. The highest BCUT2D eigenvalue weighted by molar-refractivity contribution is 5.72. The van der Waals surface area contributed by atoms with Gasteiger partial charge in [-0.2, -0.15) is 0 Å². The van der Waals surface area contributed by atoms with Gasteiger partial charge in [-0.05, 0) is 42.5 Å². The third-order valence-electron chi connectivity index (χ3n) is 6.57. The largest absolute Gasteiger partial charge is 0.496 e. The Morgan fingerprint density at radius 2 is 1.46 bits per heavy atom. The lowest BCUT2D eigenvalue weighted by atomic mass is 9.85. The van der Waals surface area contributed by atoms with Crippen LogP contribution in [0.1, 0.15) is 41.9 Å². The van der Waals surface area contributed by atoms with Gasteiger partial charge in [0.05, 0.1) is 13.5 Å². The van der Waals surface area contributed by atoms with Crippen molar-refractivity contribution >= 4 is 5.97 Å². The highest BCUT2D eigenvalue weighted by Crippen LogP contribution is 2.45. The highest BCUT2D eigenvalue weighted by atomic mass is 16.7. The van der Waals surface area contributed by atoms with E-state index in [1.165, 1.54) is 0 Å². The minimum atomic E-state index is -0.243. The van der Waals surface area contributed by atoms with E-state index in [0.717, 1.165) is 28.9 Å². The maximum absolute atomic E-state index is 12.7. The molecule has 3 aromatic rings. The number of carbonyl (C=O) groups excluding carboxylic acids is 1. The molecule has 2 atom stereocenters. The molecule has 0 saturated carbocycles. The van der Waals surface area contributed by atoms with E-state index in [-0.39, 0.29) is 38.0 Å². The molecule has 0 bridgehead atoms. The van der Waals surface area contributed by atoms with Gasteiger partial charge in [0.15, 0.2) is 13.6 Å². The smallest absolute Gasteiger partial charge is 0.306 e. The fourth-order valence-corrected chi connectivity index (χ4v) is 4.68. The van der Waals surface area contributed by atoms with Crippen molar-refractivity contribution in [3.8, 4) is 23.0 Å². The highest BCUT2D eigenvalue weighted by Gasteiger charge is 2.34. The molecule has 208 valence electrons. The fraction of sp³-hybridized carbons (Fsp3) is 0.387. The summed E-state index contributed by atoms with van der Waals surface area (Å²) in [6, 6.07) is 21.7. The van der Waals surface area contributed by atoms with E-state index in [1.54, 1.807) is 33.5 Å². The zero-order valence-electron chi connectivity index (χ0n) is 22.7. The molecule has 1 heterocycles. The summed E-state index contributed by atoms with van der Waals surface area (Å²) in [6.07, 6.45) is 2.10. The lowest BCUT2D eigenvalue weighted by Crippen LogP contribution is -2.29. The number of hydrogen-bond acceptors (Lipinski definition) is 8. The van der Waals surface area contributed by atoms with Gasteiger partial charge in [0.25, 0.3) is 0 Å². The van der Waals surface area contributed by atoms with E-state index in [9.17, 15) is 4.79 Å². The molecule has 0 unspecified atom stereocenters. The molecule has 1 fully saturated rings. The predicted octanol–water partition coefficient (Wildman–Crippen LogP) is 5.66. The van der Waals surface area contributed by atoms with Gasteiger partial charge < -0.3 is 33.2 Å². The van der Waals surface area contributed by atoms with Crippen LogP contribution in [0.5, 0.6) is 23.0 Å². The maximum Gasteiger partial charge on any atom is 0.306 e. The molecule has 3 aromatic carbocycles. The van der Waals surface area contributed by atoms with Crippen LogP contribution in [0.3, 0.4) is 0 Å². The fourth-order valence-electron chi connectivity index (χ4n) is 4.68. The van der Waals surface area contributed by atoms with Gasteiger partial charge in [-0.15, -0.1) is 0 Å². The minimum absolute atomic E-state index is 0.0511. The molecule has 1 aliphatic heterocycles. The van der Waals surface area contributed by atoms with Crippen molar-refractivity contribution < 1.29 is 38.0 Å². The molecular formula is C31H36O8. The van der Waals surface area contributed by atoms with Crippen LogP contribution in [-0.4, -0.2) is 47.0 Å². The second-order valence-electron chi connectivity index (χ2n) is 9.34. The maximum atomic E-state index is 12.7. The van der Waals surface area contributed by atoms with Crippen LogP contribution >= 0.6 is 0 Å². The Balaban J connectivity index is 1.42. The van der Waals surface area contributed by atoms with E-state index in [4.69, 9.17) is 33.2 Å². The van der Waals surface area contributed by atoms with Gasteiger partial charge >= 0.3 is 5.97 Å². The van der Waals surface area contributed by atoms with Crippen LogP contribution in [0.15, 0.2) is 66.7 Å². The minimum Gasteiger partial charge on any atom is -0.496 e. The molecule has 0 aliphatic carbocycles. The van der Waals surface area contributed by atoms with E-state index in [2.05, 4.69) is 12.1 Å². The standard InChI is InChI=1S/C31H36O8/c1-33-20-37-28-17-27(35-3)18-29(38-21-34-2)31(28)24-15-26(39-30(32)16-24)14-11-22-9-12-25(13-10-22)36-19-23-7-5-4-6-8-23/h4-10,12-13,17-18,24,26H,11,14-16,19-21H2,1-3H3/t24-,26+/m1/s1. The molecule has 4 rings (SSSR count). The molecule has 8 nitrogen and oxygen atoms in total. The molecular weight excluding hydrogens is 500 g/mol. The average molecular weight is 537 g/mol.